The number of hydrogen-bond acceptors (Lipinski definition) is 5. The SMILES string of the molecule is CCOc1ccc(S(=O)(=O)N2CCC(C(=O)N/N=C\c3c(-c4ccccc4)n(C)c4ccccc34)CC2)cc1. The number of benzene rings is 3. The number of carbonyl (C=O) groups is 1. The van der Waals surface area contributed by atoms with Gasteiger partial charge in [0.1, 0.15) is 5.75 Å². The molecule has 4 aromatic rings. The molecular weight excluding hydrogens is 512 g/mol. The third-order valence-corrected chi connectivity index (χ3v) is 9.07. The second-order valence-corrected chi connectivity index (χ2v) is 11.5. The Morgan fingerprint density at radius 2 is 1.67 bits per heavy atom. The molecule has 1 N–H and O–H groups in total. The van der Waals surface area contributed by atoms with E-state index in [2.05, 4.69) is 33.3 Å². The molecule has 5 rings (SSSR count). The maximum absolute atomic E-state index is 13.1. The molecule has 2 heterocycles. The van der Waals surface area contributed by atoms with Crippen LogP contribution in [-0.2, 0) is 21.9 Å². The van der Waals surface area contributed by atoms with Gasteiger partial charge in [-0.2, -0.15) is 9.41 Å². The van der Waals surface area contributed by atoms with E-state index in [1.165, 1.54) is 4.31 Å². The van der Waals surface area contributed by atoms with E-state index in [1.54, 1.807) is 30.5 Å². The molecule has 202 valence electrons. The number of ether oxygens (including phenoxy) is 1. The van der Waals surface area contributed by atoms with Crippen LogP contribution in [0, 0.1) is 5.92 Å². The summed E-state index contributed by atoms with van der Waals surface area (Å²) >= 11 is 0. The number of fused-ring (bicyclic) bond motifs is 1. The van der Waals surface area contributed by atoms with Gasteiger partial charge < -0.3 is 9.30 Å². The fourth-order valence-electron chi connectivity index (χ4n) is 5.13. The van der Waals surface area contributed by atoms with E-state index in [0.717, 1.165) is 27.7 Å². The predicted octanol–water partition coefficient (Wildman–Crippen LogP) is 4.80. The monoisotopic (exact) mass is 544 g/mol. The molecule has 39 heavy (non-hydrogen) atoms. The highest BCUT2D eigenvalue weighted by Gasteiger charge is 2.32. The average molecular weight is 545 g/mol. The number of carbonyl (C=O) groups excluding carboxylic acids is 1. The van der Waals surface area contributed by atoms with Gasteiger partial charge in [0.2, 0.25) is 15.9 Å². The number of amides is 1. The molecule has 1 amide bonds. The molecule has 1 aliphatic heterocycles. The number of hydrazone groups is 1. The van der Waals surface area contributed by atoms with Gasteiger partial charge in [-0.3, -0.25) is 4.79 Å². The fourth-order valence-corrected chi connectivity index (χ4v) is 6.60. The zero-order valence-corrected chi connectivity index (χ0v) is 22.9. The van der Waals surface area contributed by atoms with Crippen LogP contribution in [0.5, 0.6) is 5.75 Å². The van der Waals surface area contributed by atoms with Crippen molar-refractivity contribution >= 4 is 33.0 Å². The van der Waals surface area contributed by atoms with Crippen LogP contribution in [0.25, 0.3) is 22.2 Å². The Kier molecular flexibility index (Phi) is 7.81. The van der Waals surface area contributed by atoms with Crippen molar-refractivity contribution in [3.63, 3.8) is 0 Å². The average Bonchev–Trinajstić information content (AvgIpc) is 3.25. The van der Waals surface area contributed by atoms with E-state index in [1.807, 2.05) is 50.4 Å². The van der Waals surface area contributed by atoms with E-state index >= 15 is 0 Å². The molecule has 0 atom stereocenters. The molecule has 9 heteroatoms. The lowest BCUT2D eigenvalue weighted by molar-refractivity contribution is -0.126. The van der Waals surface area contributed by atoms with Crippen molar-refractivity contribution in [2.45, 2.75) is 24.7 Å². The highest BCUT2D eigenvalue weighted by Crippen LogP contribution is 2.32. The summed E-state index contributed by atoms with van der Waals surface area (Å²) < 4.78 is 35.1. The maximum atomic E-state index is 13.1. The summed E-state index contributed by atoms with van der Waals surface area (Å²) in [4.78, 5) is 13.2. The van der Waals surface area contributed by atoms with Crippen LogP contribution in [0.4, 0.5) is 0 Å². The standard InChI is InChI=1S/C30H32N4O4S/c1-3-38-24-13-15-25(16-14-24)39(36,37)34-19-17-23(18-20-34)30(35)32-31-21-27-26-11-7-8-12-28(26)33(2)29(27)22-9-5-4-6-10-22/h4-16,21,23H,3,17-20H2,1-2H3,(H,32,35)/b31-21-. The van der Waals surface area contributed by atoms with Gasteiger partial charge in [0.25, 0.3) is 0 Å². The summed E-state index contributed by atoms with van der Waals surface area (Å²) in [5.74, 6) is 0.118. The van der Waals surface area contributed by atoms with Crippen LogP contribution in [0.15, 0.2) is 88.9 Å². The fraction of sp³-hybridized carbons (Fsp3) is 0.267. The van der Waals surface area contributed by atoms with Crippen LogP contribution >= 0.6 is 0 Å². The van der Waals surface area contributed by atoms with Gasteiger partial charge in [-0.05, 0) is 55.7 Å². The molecule has 0 spiro atoms. The second kappa shape index (κ2) is 11.4. The molecule has 0 bridgehead atoms. The Hall–Kier alpha value is -3.95. The van der Waals surface area contributed by atoms with Crippen LogP contribution < -0.4 is 10.2 Å². The van der Waals surface area contributed by atoms with Gasteiger partial charge in [0, 0.05) is 42.5 Å². The van der Waals surface area contributed by atoms with Crippen LogP contribution in [0.2, 0.25) is 0 Å². The molecule has 1 aromatic heterocycles. The number of nitrogens with zero attached hydrogens (tertiary/aromatic N) is 3. The van der Waals surface area contributed by atoms with Crippen molar-refractivity contribution in [3.8, 4) is 17.0 Å². The highest BCUT2D eigenvalue weighted by molar-refractivity contribution is 7.89. The van der Waals surface area contributed by atoms with Crippen molar-refractivity contribution in [3.05, 3.63) is 84.4 Å². The minimum Gasteiger partial charge on any atom is -0.494 e. The lowest BCUT2D eigenvalue weighted by Gasteiger charge is -2.30. The Balaban J connectivity index is 1.25. The summed E-state index contributed by atoms with van der Waals surface area (Å²) in [6.07, 6.45) is 2.57. The van der Waals surface area contributed by atoms with Gasteiger partial charge in [0.15, 0.2) is 0 Å². The summed E-state index contributed by atoms with van der Waals surface area (Å²) in [7, 11) is -1.61. The van der Waals surface area contributed by atoms with Gasteiger partial charge >= 0.3 is 0 Å². The van der Waals surface area contributed by atoms with Crippen molar-refractivity contribution in [1.29, 1.82) is 0 Å². The van der Waals surface area contributed by atoms with E-state index in [-0.39, 0.29) is 29.8 Å². The Labute approximate surface area is 229 Å². The topological polar surface area (TPSA) is 93.0 Å². The van der Waals surface area contributed by atoms with E-state index in [0.29, 0.717) is 25.2 Å². The van der Waals surface area contributed by atoms with Crippen molar-refractivity contribution in [2.24, 2.45) is 18.1 Å². The van der Waals surface area contributed by atoms with E-state index in [9.17, 15) is 13.2 Å². The third-order valence-electron chi connectivity index (χ3n) is 7.16. The lowest BCUT2D eigenvalue weighted by atomic mass is 9.98. The third kappa shape index (κ3) is 5.46. The van der Waals surface area contributed by atoms with Gasteiger partial charge in [-0.15, -0.1) is 0 Å². The van der Waals surface area contributed by atoms with Crippen LogP contribution in [0.3, 0.4) is 0 Å². The van der Waals surface area contributed by atoms with Crippen LogP contribution in [0.1, 0.15) is 25.3 Å². The number of nitrogens with one attached hydrogen (secondary N) is 1. The minimum absolute atomic E-state index is 0.203. The maximum Gasteiger partial charge on any atom is 0.243 e. The number of hydrogen-bond donors (Lipinski definition) is 1. The first-order valence-electron chi connectivity index (χ1n) is 13.1. The van der Waals surface area contributed by atoms with Crippen molar-refractivity contribution in [2.75, 3.05) is 19.7 Å². The zero-order valence-electron chi connectivity index (χ0n) is 22.1. The molecule has 0 unspecified atom stereocenters. The molecular formula is C30H32N4O4S. The number of piperidine rings is 1. The largest absolute Gasteiger partial charge is 0.494 e. The van der Waals surface area contributed by atoms with Gasteiger partial charge in [-0.1, -0.05) is 48.5 Å². The Morgan fingerprint density at radius 3 is 2.36 bits per heavy atom. The number of aryl methyl sites for hydroxylation is 1. The molecule has 1 saturated heterocycles. The molecule has 1 fully saturated rings. The van der Waals surface area contributed by atoms with Crippen molar-refractivity contribution < 1.29 is 17.9 Å². The summed E-state index contributed by atoms with van der Waals surface area (Å²) in [5.41, 5.74) is 6.77. The summed E-state index contributed by atoms with van der Waals surface area (Å²) in [6, 6.07) is 24.6. The van der Waals surface area contributed by atoms with Gasteiger partial charge in [0.05, 0.1) is 23.4 Å². The highest BCUT2D eigenvalue weighted by atomic mass is 32.2. The molecule has 0 saturated carbocycles. The first kappa shape index (κ1) is 26.6. The molecule has 0 radical (unpaired) electrons. The first-order chi connectivity index (χ1) is 18.9. The smallest absolute Gasteiger partial charge is 0.243 e. The molecule has 8 nitrogen and oxygen atoms in total. The van der Waals surface area contributed by atoms with Crippen LogP contribution in [-0.4, -0.2) is 49.1 Å². The minimum atomic E-state index is -3.63. The van der Waals surface area contributed by atoms with E-state index < -0.39 is 10.0 Å². The number of aromatic nitrogens is 1. The second-order valence-electron chi connectivity index (χ2n) is 9.52. The summed E-state index contributed by atoms with van der Waals surface area (Å²) in [6.45, 7) is 2.95. The predicted molar refractivity (Wildman–Crippen MR) is 153 cm³/mol. The van der Waals surface area contributed by atoms with Gasteiger partial charge in [-0.25, -0.2) is 13.8 Å². The normalized spacial score (nSPS) is 15.1. The number of sulfonamides is 1. The van der Waals surface area contributed by atoms with E-state index in [4.69, 9.17) is 4.74 Å². The number of para-hydroxylation sites is 1. The quantitative estimate of drug-likeness (QED) is 0.255. The molecule has 3 aromatic carbocycles. The summed E-state index contributed by atoms with van der Waals surface area (Å²) in [5, 5.41) is 5.37. The number of rotatable bonds is 8. The molecule has 1 aliphatic rings. The Morgan fingerprint density at radius 1 is 1.00 bits per heavy atom. The zero-order chi connectivity index (χ0) is 27.4. The lowest BCUT2D eigenvalue weighted by Crippen LogP contribution is -2.42. The van der Waals surface area contributed by atoms with Crippen molar-refractivity contribution in [1.82, 2.24) is 14.3 Å². The molecule has 0 aliphatic carbocycles. The Bertz CT molecular complexity index is 1590. The first-order valence-corrected chi connectivity index (χ1v) is 14.5.